The third-order valence-electron chi connectivity index (χ3n) is 3.52. The summed E-state index contributed by atoms with van der Waals surface area (Å²) in [5.74, 6) is -1.33. The minimum absolute atomic E-state index is 0.0255. The molecule has 0 unspecified atom stereocenters. The summed E-state index contributed by atoms with van der Waals surface area (Å²) in [6.07, 6.45) is -4.83. The van der Waals surface area contributed by atoms with E-state index in [1.54, 1.807) is 18.2 Å². The molecule has 0 heterocycles. The predicted molar refractivity (Wildman–Crippen MR) is 103 cm³/mol. The Labute approximate surface area is 174 Å². The van der Waals surface area contributed by atoms with Crippen LogP contribution in [0.2, 0.25) is 0 Å². The van der Waals surface area contributed by atoms with Crippen LogP contribution in [-0.2, 0) is 0 Å². The fourth-order valence-corrected chi connectivity index (χ4v) is 2.41. The van der Waals surface area contributed by atoms with Crippen LogP contribution in [0.4, 0.5) is 13.2 Å². The Morgan fingerprint density at radius 2 is 1.47 bits per heavy atom. The van der Waals surface area contributed by atoms with Gasteiger partial charge in [-0.2, -0.15) is 0 Å². The van der Waals surface area contributed by atoms with Gasteiger partial charge in [-0.25, -0.2) is 0 Å². The number of hydrogen-bond donors (Lipinski definition) is 3. The van der Waals surface area contributed by atoms with E-state index in [9.17, 15) is 22.8 Å². The van der Waals surface area contributed by atoms with Crippen molar-refractivity contribution in [1.82, 2.24) is 16.2 Å². The molecule has 0 fully saturated rings. The maximum Gasteiger partial charge on any atom is 0.573 e. The summed E-state index contributed by atoms with van der Waals surface area (Å²) in [5, 5.41) is 2.11. The van der Waals surface area contributed by atoms with Gasteiger partial charge in [0.2, 0.25) is 0 Å². The van der Waals surface area contributed by atoms with Crippen molar-refractivity contribution in [1.29, 1.82) is 0 Å². The lowest BCUT2D eigenvalue weighted by Crippen LogP contribution is -2.48. The largest absolute Gasteiger partial charge is 0.573 e. The van der Waals surface area contributed by atoms with Gasteiger partial charge in [-0.3, -0.25) is 25.8 Å². The highest BCUT2D eigenvalue weighted by molar-refractivity contribution is 7.80. The molecule has 0 saturated heterocycles. The zero-order valence-corrected chi connectivity index (χ0v) is 16.4. The molecule has 12 heteroatoms. The number of alkyl halides is 3. The third kappa shape index (κ3) is 6.24. The lowest BCUT2D eigenvalue weighted by molar-refractivity contribution is -0.274. The quantitative estimate of drug-likeness (QED) is 0.483. The maximum atomic E-state index is 12.5. The van der Waals surface area contributed by atoms with E-state index in [1.807, 2.05) is 0 Å². The Morgan fingerprint density at radius 3 is 1.97 bits per heavy atom. The number of hydrogen-bond acceptors (Lipinski definition) is 6. The normalized spacial score (nSPS) is 10.6. The Bertz CT molecular complexity index is 913. The second-order valence-electron chi connectivity index (χ2n) is 5.47. The number of thiocarbonyl (C=S) groups is 1. The second kappa shape index (κ2) is 9.78. The van der Waals surface area contributed by atoms with Gasteiger partial charge in [-0.05, 0) is 48.6 Å². The Kier molecular flexibility index (Phi) is 7.42. The van der Waals surface area contributed by atoms with Gasteiger partial charge in [0.05, 0.1) is 14.2 Å². The lowest BCUT2D eigenvalue weighted by Gasteiger charge is -2.14. The van der Waals surface area contributed by atoms with Crippen LogP contribution < -0.4 is 30.4 Å². The number of amides is 2. The highest BCUT2D eigenvalue weighted by atomic mass is 32.1. The summed E-state index contributed by atoms with van der Waals surface area (Å²) >= 11 is 4.95. The van der Waals surface area contributed by atoms with Crippen molar-refractivity contribution in [2.45, 2.75) is 6.36 Å². The van der Waals surface area contributed by atoms with Gasteiger partial charge in [0.15, 0.2) is 5.11 Å². The maximum absolute atomic E-state index is 12.5. The van der Waals surface area contributed by atoms with Crippen molar-refractivity contribution in [2.75, 3.05) is 14.2 Å². The van der Waals surface area contributed by atoms with E-state index in [-0.39, 0.29) is 27.7 Å². The van der Waals surface area contributed by atoms with E-state index in [1.165, 1.54) is 14.2 Å². The molecule has 2 aromatic rings. The number of methoxy groups -OCH3 is 2. The van der Waals surface area contributed by atoms with Crippen LogP contribution >= 0.6 is 12.2 Å². The van der Waals surface area contributed by atoms with Gasteiger partial charge in [-0.1, -0.05) is 6.07 Å². The highest BCUT2D eigenvalue weighted by Gasteiger charge is 2.31. The van der Waals surface area contributed by atoms with Crippen LogP contribution in [-0.4, -0.2) is 37.5 Å². The van der Waals surface area contributed by atoms with Gasteiger partial charge in [0, 0.05) is 5.56 Å². The van der Waals surface area contributed by atoms with Gasteiger partial charge < -0.3 is 14.2 Å². The Balaban J connectivity index is 1.95. The van der Waals surface area contributed by atoms with Gasteiger partial charge in [0.25, 0.3) is 11.8 Å². The van der Waals surface area contributed by atoms with E-state index >= 15 is 0 Å². The molecule has 0 saturated carbocycles. The minimum Gasteiger partial charge on any atom is -0.496 e. The van der Waals surface area contributed by atoms with Crippen LogP contribution in [0.15, 0.2) is 42.5 Å². The molecular weight excluding hydrogens is 427 g/mol. The lowest BCUT2D eigenvalue weighted by atomic mass is 10.1. The molecule has 30 heavy (non-hydrogen) atoms. The van der Waals surface area contributed by atoms with E-state index in [0.717, 1.165) is 24.3 Å². The van der Waals surface area contributed by atoms with E-state index in [4.69, 9.17) is 21.7 Å². The zero-order chi connectivity index (χ0) is 22.3. The van der Waals surface area contributed by atoms with E-state index < -0.39 is 23.9 Å². The predicted octanol–water partition coefficient (Wildman–Crippen LogP) is 2.55. The first kappa shape index (κ1) is 22.7. The van der Waals surface area contributed by atoms with Crippen LogP contribution in [0, 0.1) is 0 Å². The molecule has 0 aromatic heterocycles. The number of carbonyl (C=O) groups excluding carboxylic acids is 2. The first-order valence-electron chi connectivity index (χ1n) is 8.13. The minimum atomic E-state index is -4.83. The number of benzene rings is 2. The van der Waals surface area contributed by atoms with E-state index in [0.29, 0.717) is 0 Å². The summed E-state index contributed by atoms with van der Waals surface area (Å²) in [5.41, 5.74) is 4.65. The SMILES string of the molecule is COc1cccc(OC)c1C(=O)NC(=S)NNC(=O)c1ccc(OC(F)(F)F)cc1. The first-order valence-corrected chi connectivity index (χ1v) is 8.54. The third-order valence-corrected chi connectivity index (χ3v) is 3.73. The van der Waals surface area contributed by atoms with Crippen LogP contribution in [0.3, 0.4) is 0 Å². The van der Waals surface area contributed by atoms with Crippen molar-refractivity contribution in [3.8, 4) is 17.2 Å². The average molecular weight is 443 g/mol. The summed E-state index contributed by atoms with van der Waals surface area (Å²) in [4.78, 5) is 24.5. The number of ether oxygens (including phenoxy) is 3. The first-order chi connectivity index (χ1) is 14.1. The number of carbonyl (C=O) groups is 2. The molecule has 3 N–H and O–H groups in total. The monoisotopic (exact) mass is 443 g/mol. The molecule has 0 spiro atoms. The summed E-state index contributed by atoms with van der Waals surface area (Å²) in [6.45, 7) is 0. The van der Waals surface area contributed by atoms with Crippen molar-refractivity contribution in [2.24, 2.45) is 0 Å². The molecule has 8 nitrogen and oxygen atoms in total. The highest BCUT2D eigenvalue weighted by Crippen LogP contribution is 2.28. The second-order valence-corrected chi connectivity index (χ2v) is 5.88. The number of halogens is 3. The molecule has 0 atom stereocenters. The fraction of sp³-hybridized carbons (Fsp3) is 0.167. The number of hydrazine groups is 1. The van der Waals surface area contributed by atoms with Crippen LogP contribution in [0.25, 0.3) is 0 Å². The molecule has 0 aliphatic heterocycles. The van der Waals surface area contributed by atoms with Crippen molar-refractivity contribution in [3.05, 3.63) is 53.6 Å². The summed E-state index contributed by atoms with van der Waals surface area (Å²) in [6, 6.07) is 8.96. The fourth-order valence-electron chi connectivity index (χ4n) is 2.27. The zero-order valence-electron chi connectivity index (χ0n) is 15.6. The molecule has 2 aromatic carbocycles. The van der Waals surface area contributed by atoms with Gasteiger partial charge in [0.1, 0.15) is 22.8 Å². The van der Waals surface area contributed by atoms with Crippen LogP contribution in [0.5, 0.6) is 17.2 Å². The summed E-state index contributed by atoms with van der Waals surface area (Å²) < 4.78 is 50.5. The molecule has 0 aliphatic rings. The van der Waals surface area contributed by atoms with Gasteiger partial charge in [-0.15, -0.1) is 13.2 Å². The molecule has 2 rings (SSSR count). The smallest absolute Gasteiger partial charge is 0.496 e. The molecule has 2 amide bonds. The summed E-state index contributed by atoms with van der Waals surface area (Å²) in [7, 11) is 2.76. The van der Waals surface area contributed by atoms with E-state index in [2.05, 4.69) is 20.9 Å². The van der Waals surface area contributed by atoms with Crippen LogP contribution in [0.1, 0.15) is 20.7 Å². The average Bonchev–Trinajstić information content (AvgIpc) is 2.70. The molecular formula is C18H16F3N3O5S. The van der Waals surface area contributed by atoms with Gasteiger partial charge >= 0.3 is 6.36 Å². The van der Waals surface area contributed by atoms with Crippen molar-refractivity contribution < 1.29 is 37.0 Å². The Morgan fingerprint density at radius 1 is 0.900 bits per heavy atom. The van der Waals surface area contributed by atoms with Crippen molar-refractivity contribution in [3.63, 3.8) is 0 Å². The standard InChI is InChI=1S/C18H16F3N3O5S/c1-27-12-4-3-5-13(28-2)14(12)16(26)22-17(30)24-23-15(25)10-6-8-11(9-7-10)29-18(19,20)21/h3-9H,1-2H3,(H,23,25)(H2,22,24,26,30). The number of rotatable bonds is 5. The number of nitrogens with one attached hydrogen (secondary N) is 3. The Hall–Kier alpha value is -3.54. The topological polar surface area (TPSA) is 97.9 Å². The molecule has 0 radical (unpaired) electrons. The van der Waals surface area contributed by atoms with Crippen molar-refractivity contribution >= 4 is 29.1 Å². The molecule has 0 aliphatic carbocycles. The molecule has 160 valence electrons. The molecule has 0 bridgehead atoms.